The highest BCUT2D eigenvalue weighted by Gasteiger charge is 2.44. The van der Waals surface area contributed by atoms with Gasteiger partial charge in [0.1, 0.15) is 17.9 Å². The van der Waals surface area contributed by atoms with Gasteiger partial charge in [0.2, 0.25) is 0 Å². The van der Waals surface area contributed by atoms with Gasteiger partial charge in [-0.15, -0.1) is 0 Å². The Bertz CT molecular complexity index is 1100. The highest BCUT2D eigenvalue weighted by molar-refractivity contribution is 5.71. The maximum absolute atomic E-state index is 13.3. The first kappa shape index (κ1) is 20.8. The van der Waals surface area contributed by atoms with Crippen molar-refractivity contribution in [1.82, 2.24) is 24.7 Å². The smallest absolute Gasteiger partial charge is 0.369 e. The van der Waals surface area contributed by atoms with E-state index in [1.54, 1.807) is 11.1 Å². The van der Waals surface area contributed by atoms with E-state index < -0.39 is 24.8 Å². The maximum atomic E-state index is 13.3. The molecule has 32 heavy (non-hydrogen) atoms. The number of halogens is 5. The van der Waals surface area contributed by atoms with Crippen molar-refractivity contribution in [3.8, 4) is 0 Å². The molecule has 3 aromatic rings. The molecule has 3 aromatic heterocycles. The largest absolute Gasteiger partial charge is 0.435 e. The van der Waals surface area contributed by atoms with Gasteiger partial charge in [-0.2, -0.15) is 18.3 Å². The molecule has 1 saturated carbocycles. The Hall–Kier alpha value is -3.05. The number of hydrogen-bond donors (Lipinski definition) is 1. The van der Waals surface area contributed by atoms with Crippen LogP contribution in [0.1, 0.15) is 18.5 Å². The van der Waals surface area contributed by atoms with Gasteiger partial charge in [-0.3, -0.25) is 0 Å². The van der Waals surface area contributed by atoms with Gasteiger partial charge >= 0.3 is 6.18 Å². The van der Waals surface area contributed by atoms with Crippen molar-refractivity contribution in [1.29, 1.82) is 0 Å². The van der Waals surface area contributed by atoms with Gasteiger partial charge in [0.25, 0.3) is 6.43 Å². The lowest BCUT2D eigenvalue weighted by Gasteiger charge is -2.24. The molecular formula is C20H20F5N7. The predicted molar refractivity (Wildman–Crippen MR) is 106 cm³/mol. The third-order valence-electron chi connectivity index (χ3n) is 6.15. The molecule has 12 heteroatoms. The maximum Gasteiger partial charge on any atom is 0.435 e. The molecule has 7 nitrogen and oxygen atoms in total. The Balaban J connectivity index is 1.26. The number of hydrogen-bond acceptors (Lipinski definition) is 6. The van der Waals surface area contributed by atoms with Crippen molar-refractivity contribution in [2.24, 2.45) is 11.8 Å². The van der Waals surface area contributed by atoms with E-state index in [1.807, 2.05) is 0 Å². The van der Waals surface area contributed by atoms with Gasteiger partial charge < -0.3 is 10.2 Å². The lowest BCUT2D eigenvalue weighted by Crippen LogP contribution is -2.27. The van der Waals surface area contributed by atoms with Crippen LogP contribution >= 0.6 is 0 Å². The molecule has 0 bridgehead atoms. The van der Waals surface area contributed by atoms with Gasteiger partial charge in [0, 0.05) is 25.3 Å². The van der Waals surface area contributed by atoms with E-state index in [0.717, 1.165) is 23.7 Å². The number of nitrogens with zero attached hydrogens (tertiary/aromatic N) is 6. The second-order valence-corrected chi connectivity index (χ2v) is 8.29. The van der Waals surface area contributed by atoms with Crippen LogP contribution in [-0.2, 0) is 12.7 Å². The normalized spacial score (nSPS) is 23.3. The highest BCUT2D eigenvalue weighted by atomic mass is 19.4. The molecule has 0 radical (unpaired) electrons. The summed E-state index contributed by atoms with van der Waals surface area (Å²) in [5, 5.41) is 7.22. The highest BCUT2D eigenvalue weighted by Crippen LogP contribution is 2.43. The minimum atomic E-state index is -4.49. The molecule has 1 N–H and O–H groups in total. The van der Waals surface area contributed by atoms with E-state index >= 15 is 0 Å². The van der Waals surface area contributed by atoms with Crippen LogP contribution in [0.25, 0.3) is 11.2 Å². The molecule has 2 fully saturated rings. The molecule has 5 rings (SSSR count). The number of alkyl halides is 5. The van der Waals surface area contributed by atoms with Crippen molar-refractivity contribution >= 4 is 22.7 Å². The van der Waals surface area contributed by atoms with E-state index in [1.165, 1.54) is 18.3 Å². The van der Waals surface area contributed by atoms with E-state index in [9.17, 15) is 22.0 Å². The first-order chi connectivity index (χ1) is 15.3. The van der Waals surface area contributed by atoms with E-state index in [4.69, 9.17) is 0 Å². The van der Waals surface area contributed by atoms with Crippen molar-refractivity contribution in [2.75, 3.05) is 23.3 Å². The van der Waals surface area contributed by atoms with Crippen LogP contribution in [0.3, 0.4) is 0 Å². The summed E-state index contributed by atoms with van der Waals surface area (Å²) < 4.78 is 66.6. The van der Waals surface area contributed by atoms with Crippen LogP contribution in [-0.4, -0.2) is 50.3 Å². The van der Waals surface area contributed by atoms with Crippen molar-refractivity contribution < 1.29 is 22.0 Å². The monoisotopic (exact) mass is 453 g/mol. The summed E-state index contributed by atoms with van der Waals surface area (Å²) in [6.07, 6.45) is -1.39. The fourth-order valence-corrected chi connectivity index (χ4v) is 4.88. The number of aromatic nitrogens is 5. The lowest BCUT2D eigenvalue weighted by molar-refractivity contribution is -0.140. The second kappa shape index (κ2) is 7.82. The Morgan fingerprint density at radius 2 is 1.84 bits per heavy atom. The summed E-state index contributed by atoms with van der Waals surface area (Å²) in [7, 11) is 0. The van der Waals surface area contributed by atoms with Crippen LogP contribution in [0.4, 0.5) is 33.5 Å². The minimum absolute atomic E-state index is 0.0846. The van der Waals surface area contributed by atoms with Gasteiger partial charge in [0.05, 0.1) is 18.1 Å². The molecule has 0 aromatic carbocycles. The summed E-state index contributed by atoms with van der Waals surface area (Å²) in [6, 6.07) is 3.08. The van der Waals surface area contributed by atoms with Crippen molar-refractivity contribution in [3.63, 3.8) is 0 Å². The SMILES string of the molecule is FC(F)Cn1ncc2ncc(NC3C[C@@H]4CN(c5cccnc5C(F)(F)F)C[C@@H]4C3)nc21. The molecule has 1 aliphatic carbocycles. The summed E-state index contributed by atoms with van der Waals surface area (Å²) in [4.78, 5) is 14.0. The molecule has 170 valence electrons. The van der Waals surface area contributed by atoms with E-state index in [0.29, 0.717) is 24.4 Å². The summed E-state index contributed by atoms with van der Waals surface area (Å²) in [5.41, 5.74) is 0.00384. The fraction of sp³-hybridized carbons (Fsp3) is 0.500. The van der Waals surface area contributed by atoms with Gasteiger partial charge in [-0.05, 0) is 36.8 Å². The summed E-state index contributed by atoms with van der Waals surface area (Å²) in [6.45, 7) is 0.506. The Morgan fingerprint density at radius 1 is 1.09 bits per heavy atom. The molecule has 4 heterocycles. The molecule has 0 amide bonds. The lowest BCUT2D eigenvalue weighted by atomic mass is 10.0. The quantitative estimate of drug-likeness (QED) is 0.592. The van der Waals surface area contributed by atoms with Gasteiger partial charge in [0.15, 0.2) is 11.3 Å². The molecule has 3 atom stereocenters. The topological polar surface area (TPSA) is 71.8 Å². The Kier molecular flexibility index (Phi) is 5.09. The molecule has 2 aliphatic rings. The van der Waals surface area contributed by atoms with Gasteiger partial charge in [-0.25, -0.2) is 28.4 Å². The van der Waals surface area contributed by atoms with E-state index in [2.05, 4.69) is 25.4 Å². The molecular weight excluding hydrogens is 433 g/mol. The summed E-state index contributed by atoms with van der Waals surface area (Å²) in [5.74, 6) is 0.964. The minimum Gasteiger partial charge on any atom is -0.369 e. The molecule has 1 aliphatic heterocycles. The predicted octanol–water partition coefficient (Wildman–Crippen LogP) is 3.83. The van der Waals surface area contributed by atoms with Gasteiger partial charge in [-0.1, -0.05) is 0 Å². The first-order valence-electron chi connectivity index (χ1n) is 10.3. The number of pyridine rings is 1. The number of nitrogens with one attached hydrogen (secondary N) is 1. The second-order valence-electron chi connectivity index (χ2n) is 8.29. The fourth-order valence-electron chi connectivity index (χ4n) is 4.88. The molecule has 0 spiro atoms. The average Bonchev–Trinajstić information content (AvgIpc) is 3.41. The zero-order valence-corrected chi connectivity index (χ0v) is 16.8. The number of rotatable bonds is 5. The Morgan fingerprint density at radius 3 is 2.53 bits per heavy atom. The van der Waals surface area contributed by atoms with Crippen LogP contribution in [0, 0.1) is 11.8 Å². The number of fused-ring (bicyclic) bond motifs is 2. The average molecular weight is 453 g/mol. The van der Waals surface area contributed by atoms with Crippen molar-refractivity contribution in [3.05, 3.63) is 36.4 Å². The zero-order valence-electron chi connectivity index (χ0n) is 16.8. The van der Waals surface area contributed by atoms with Crippen LogP contribution < -0.4 is 10.2 Å². The molecule has 1 unspecified atom stereocenters. The molecule has 1 saturated heterocycles. The third kappa shape index (κ3) is 3.93. The number of anilines is 2. The standard InChI is InChI=1S/C20H20F5N7/c21-16(22)10-32-19-14(6-28-32)27-7-17(30-19)29-13-4-11-8-31(9-12(11)5-13)15-2-1-3-26-18(15)20(23,24)25/h1-3,6-7,11-13,16H,4-5,8-10H2,(H,29,30)/t11-,12+,13?. The van der Waals surface area contributed by atoms with E-state index in [-0.39, 0.29) is 29.2 Å². The van der Waals surface area contributed by atoms with Crippen LogP contribution in [0.15, 0.2) is 30.7 Å². The zero-order chi connectivity index (χ0) is 22.5. The van der Waals surface area contributed by atoms with Crippen molar-refractivity contribution in [2.45, 2.75) is 38.0 Å². The van der Waals surface area contributed by atoms with Crippen LogP contribution in [0.2, 0.25) is 0 Å². The van der Waals surface area contributed by atoms with Crippen LogP contribution in [0.5, 0.6) is 0 Å². The third-order valence-corrected chi connectivity index (χ3v) is 6.15. The Labute approximate surface area is 179 Å². The first-order valence-corrected chi connectivity index (χ1v) is 10.3. The summed E-state index contributed by atoms with van der Waals surface area (Å²) >= 11 is 0.